The highest BCUT2D eigenvalue weighted by Gasteiger charge is 2.42. The Balaban J connectivity index is 1.55. The second-order valence-electron chi connectivity index (χ2n) is 8.34. The summed E-state index contributed by atoms with van der Waals surface area (Å²) in [4.78, 5) is 18.6. The number of nitrogens with zero attached hydrogens (tertiary/aromatic N) is 3. The number of ether oxygens (including phenoxy) is 1. The van der Waals surface area contributed by atoms with Gasteiger partial charge in [-0.25, -0.2) is 0 Å². The minimum atomic E-state index is -0.219. The van der Waals surface area contributed by atoms with Crippen molar-refractivity contribution in [2.45, 2.75) is 12.1 Å². The molecule has 1 aliphatic heterocycles. The van der Waals surface area contributed by atoms with Crippen molar-refractivity contribution in [3.63, 3.8) is 0 Å². The Morgan fingerprint density at radius 1 is 1.06 bits per heavy atom. The Morgan fingerprint density at radius 2 is 1.81 bits per heavy atom. The molecule has 1 aliphatic rings. The third-order valence-corrected chi connectivity index (χ3v) is 6.33. The highest BCUT2D eigenvalue weighted by Crippen LogP contribution is 2.42. The molecule has 3 heterocycles. The third-order valence-electron chi connectivity index (χ3n) is 6.01. The lowest BCUT2D eigenvalue weighted by Gasteiger charge is -2.29. The number of benzene rings is 2. The number of phenols is 1. The maximum atomic E-state index is 11.9. The van der Waals surface area contributed by atoms with Gasteiger partial charge in [0.05, 0.1) is 11.7 Å². The summed E-state index contributed by atoms with van der Waals surface area (Å²) in [6.45, 7) is -0.00996. The zero-order valence-electron chi connectivity index (χ0n) is 19.5. The van der Waals surface area contributed by atoms with Crippen molar-refractivity contribution in [3.05, 3.63) is 103 Å². The maximum absolute atomic E-state index is 11.9. The summed E-state index contributed by atoms with van der Waals surface area (Å²) in [5, 5.41) is 16.6. The highest BCUT2D eigenvalue weighted by atomic mass is 32.1. The van der Waals surface area contributed by atoms with Gasteiger partial charge in [-0.05, 0) is 85.0 Å². The topological polar surface area (TPSA) is 91.7 Å². The fraction of sp³-hybridized carbons (Fsp3) is 0.148. The van der Waals surface area contributed by atoms with E-state index in [1.165, 1.54) is 7.11 Å². The van der Waals surface area contributed by atoms with Crippen LogP contribution in [0.5, 0.6) is 5.75 Å². The van der Waals surface area contributed by atoms with E-state index in [4.69, 9.17) is 17.0 Å². The summed E-state index contributed by atoms with van der Waals surface area (Å²) in [5.41, 5.74) is 4.33. The minimum Gasteiger partial charge on any atom is -0.508 e. The van der Waals surface area contributed by atoms with E-state index in [9.17, 15) is 9.90 Å². The summed E-state index contributed by atoms with van der Waals surface area (Å²) in [7, 11) is 1.48. The molecule has 4 aromatic rings. The summed E-state index contributed by atoms with van der Waals surface area (Å²) >= 11 is 5.82. The van der Waals surface area contributed by atoms with Crippen molar-refractivity contribution >= 4 is 34.6 Å². The number of phenolic OH excluding ortho intramolecular Hbond substituents is 1. The van der Waals surface area contributed by atoms with Crippen molar-refractivity contribution in [3.8, 4) is 11.4 Å². The smallest absolute Gasteiger partial charge is 0.250 e. The third kappa shape index (κ3) is 4.66. The lowest BCUT2D eigenvalue weighted by molar-refractivity contribution is -0.119. The molecule has 2 aromatic carbocycles. The number of rotatable bonds is 7. The Labute approximate surface area is 214 Å². The zero-order chi connectivity index (χ0) is 25.1. The van der Waals surface area contributed by atoms with Crippen LogP contribution in [0.1, 0.15) is 23.5 Å². The van der Waals surface area contributed by atoms with E-state index in [1.54, 1.807) is 18.3 Å². The molecule has 1 saturated heterocycles. The van der Waals surface area contributed by atoms with E-state index >= 15 is 0 Å². The number of aromatic nitrogens is 2. The first-order valence-corrected chi connectivity index (χ1v) is 11.8. The minimum absolute atomic E-state index is 0.00996. The zero-order valence-corrected chi connectivity index (χ0v) is 20.4. The summed E-state index contributed by atoms with van der Waals surface area (Å²) < 4.78 is 6.98. The SMILES string of the molecule is COCC(=O)Nc1ccc(N2C(=S)N[C@@H](c3ccccn3)[C@H]2c2cccn2-c2ccc(O)cc2)cc1. The van der Waals surface area contributed by atoms with E-state index in [0.29, 0.717) is 10.8 Å². The van der Waals surface area contributed by atoms with Crippen LogP contribution in [0.2, 0.25) is 0 Å². The molecule has 1 fully saturated rings. The predicted molar refractivity (Wildman–Crippen MR) is 142 cm³/mol. The number of carbonyl (C=O) groups excluding carboxylic acids is 1. The van der Waals surface area contributed by atoms with Crippen LogP contribution in [-0.2, 0) is 9.53 Å². The molecule has 0 aliphatic carbocycles. The largest absolute Gasteiger partial charge is 0.508 e. The second-order valence-corrected chi connectivity index (χ2v) is 8.73. The molecule has 0 radical (unpaired) electrons. The number of hydrogen-bond acceptors (Lipinski definition) is 5. The van der Waals surface area contributed by atoms with Crippen LogP contribution in [0.4, 0.5) is 11.4 Å². The lowest BCUT2D eigenvalue weighted by atomic mass is 10.0. The number of nitrogens with one attached hydrogen (secondary N) is 2. The monoisotopic (exact) mass is 499 g/mol. The van der Waals surface area contributed by atoms with Crippen LogP contribution in [0, 0.1) is 0 Å². The number of hydrogen-bond donors (Lipinski definition) is 3. The van der Waals surface area contributed by atoms with Gasteiger partial charge in [0.1, 0.15) is 18.4 Å². The van der Waals surface area contributed by atoms with Crippen molar-refractivity contribution in [1.29, 1.82) is 0 Å². The molecular formula is C27H25N5O3S. The summed E-state index contributed by atoms with van der Waals surface area (Å²) in [5.74, 6) is -0.00902. The standard InChI is InChI=1S/C27H25N5O3S/c1-35-17-24(34)29-18-7-9-20(10-8-18)32-26(25(30-27(32)36)22-5-2-3-15-28-22)23-6-4-16-31(23)19-11-13-21(33)14-12-19/h2-16,25-26,33H,17H2,1H3,(H,29,34)(H,30,36)/t25-,26+/m0/s1. The van der Waals surface area contributed by atoms with Crippen molar-refractivity contribution in [1.82, 2.24) is 14.9 Å². The van der Waals surface area contributed by atoms with Gasteiger partial charge in [0.25, 0.3) is 0 Å². The Hall–Kier alpha value is -4.21. The molecule has 0 spiro atoms. The van der Waals surface area contributed by atoms with Crippen LogP contribution in [0.15, 0.2) is 91.3 Å². The number of amides is 1. The molecular weight excluding hydrogens is 474 g/mol. The first-order valence-electron chi connectivity index (χ1n) is 11.4. The van der Waals surface area contributed by atoms with Gasteiger partial charge in [-0.15, -0.1) is 0 Å². The molecule has 5 rings (SSSR count). The molecule has 0 bridgehead atoms. The maximum Gasteiger partial charge on any atom is 0.250 e. The van der Waals surface area contributed by atoms with E-state index in [-0.39, 0.29) is 30.3 Å². The number of pyridine rings is 1. The predicted octanol–water partition coefficient (Wildman–Crippen LogP) is 4.34. The number of aromatic hydroxyl groups is 1. The molecule has 2 aromatic heterocycles. The number of thiocarbonyl (C=S) groups is 1. The Morgan fingerprint density at radius 3 is 2.50 bits per heavy atom. The Bertz CT molecular complexity index is 1360. The van der Waals surface area contributed by atoms with Gasteiger partial charge in [0, 0.05) is 42.3 Å². The molecule has 9 heteroatoms. The fourth-order valence-electron chi connectivity index (χ4n) is 4.45. The van der Waals surface area contributed by atoms with Gasteiger partial charge in [0.15, 0.2) is 5.11 Å². The number of anilines is 2. The van der Waals surface area contributed by atoms with Gasteiger partial charge >= 0.3 is 0 Å². The number of methoxy groups -OCH3 is 1. The highest BCUT2D eigenvalue weighted by molar-refractivity contribution is 7.80. The van der Waals surface area contributed by atoms with Crippen LogP contribution in [-0.4, -0.2) is 39.4 Å². The van der Waals surface area contributed by atoms with E-state index in [1.807, 2.05) is 66.9 Å². The van der Waals surface area contributed by atoms with Gasteiger partial charge in [-0.1, -0.05) is 6.07 Å². The van der Waals surface area contributed by atoms with Gasteiger partial charge in [-0.3, -0.25) is 9.78 Å². The normalized spacial score (nSPS) is 17.1. The molecule has 1 amide bonds. The van der Waals surface area contributed by atoms with Crippen LogP contribution < -0.4 is 15.5 Å². The van der Waals surface area contributed by atoms with E-state index in [2.05, 4.69) is 31.2 Å². The average Bonchev–Trinajstić information content (AvgIpc) is 3.50. The van der Waals surface area contributed by atoms with Gasteiger partial charge in [0.2, 0.25) is 5.91 Å². The fourth-order valence-corrected chi connectivity index (χ4v) is 4.80. The van der Waals surface area contributed by atoms with Crippen LogP contribution in [0.25, 0.3) is 5.69 Å². The summed E-state index contributed by atoms with van der Waals surface area (Å²) in [6.07, 6.45) is 3.77. The second kappa shape index (κ2) is 10.2. The molecule has 2 atom stereocenters. The molecule has 182 valence electrons. The average molecular weight is 500 g/mol. The molecule has 3 N–H and O–H groups in total. The van der Waals surface area contributed by atoms with Gasteiger partial charge in [-0.2, -0.15) is 0 Å². The van der Waals surface area contributed by atoms with Crippen molar-refractivity contribution in [2.24, 2.45) is 0 Å². The molecule has 0 unspecified atom stereocenters. The van der Waals surface area contributed by atoms with Crippen molar-refractivity contribution in [2.75, 3.05) is 23.9 Å². The first kappa shape index (κ1) is 23.5. The van der Waals surface area contributed by atoms with E-state index < -0.39 is 0 Å². The van der Waals surface area contributed by atoms with Crippen LogP contribution in [0.3, 0.4) is 0 Å². The van der Waals surface area contributed by atoms with E-state index in [0.717, 1.165) is 22.8 Å². The molecule has 0 saturated carbocycles. The molecule has 8 nitrogen and oxygen atoms in total. The van der Waals surface area contributed by atoms with Crippen LogP contribution >= 0.6 is 12.2 Å². The number of carbonyl (C=O) groups is 1. The first-order chi connectivity index (χ1) is 17.5. The lowest BCUT2D eigenvalue weighted by Crippen LogP contribution is -2.30. The van der Waals surface area contributed by atoms with Gasteiger partial charge < -0.3 is 29.9 Å². The Kier molecular flexibility index (Phi) is 6.66. The van der Waals surface area contributed by atoms with Crippen molar-refractivity contribution < 1.29 is 14.6 Å². The quantitative estimate of drug-likeness (QED) is 0.326. The molecule has 36 heavy (non-hydrogen) atoms. The summed E-state index contributed by atoms with van der Waals surface area (Å²) in [6, 6.07) is 24.1.